The topological polar surface area (TPSA) is 62.4 Å². The predicted octanol–water partition coefficient (Wildman–Crippen LogP) is 5.31. The molecule has 0 aromatic heterocycles. The minimum absolute atomic E-state index is 0.0245. The van der Waals surface area contributed by atoms with E-state index in [1.54, 1.807) is 7.11 Å². The lowest BCUT2D eigenvalue weighted by Crippen LogP contribution is -2.44. The van der Waals surface area contributed by atoms with E-state index in [1.165, 1.54) is 18.2 Å². The number of amides is 2. The average Bonchev–Trinajstić information content (AvgIpc) is 2.71. The van der Waals surface area contributed by atoms with E-state index in [0.717, 1.165) is 42.5 Å². The zero-order chi connectivity index (χ0) is 20.6. The monoisotopic (exact) mass is 397 g/mol. The van der Waals surface area contributed by atoms with Crippen LogP contribution in [0.3, 0.4) is 0 Å². The first-order valence-electron chi connectivity index (χ1n) is 10.9. The van der Waals surface area contributed by atoms with Gasteiger partial charge in [-0.2, -0.15) is 0 Å². The molecule has 0 heterocycles. The maximum absolute atomic E-state index is 12.1. The third-order valence-corrected chi connectivity index (χ3v) is 5.84. The van der Waals surface area contributed by atoms with Gasteiger partial charge >= 0.3 is 6.03 Å². The van der Waals surface area contributed by atoms with Crippen LogP contribution < -0.4 is 20.7 Å². The Balaban J connectivity index is 1.43. The van der Waals surface area contributed by atoms with Crippen molar-refractivity contribution < 1.29 is 9.53 Å². The number of rotatable bonds is 8. The summed E-state index contributed by atoms with van der Waals surface area (Å²) >= 11 is 0. The SMILES string of the molecule is COc1cc(NC(C)CCCNC(=O)NC2CCCC(C)C2)c2ccccc2c1. The Kier molecular flexibility index (Phi) is 7.62. The van der Waals surface area contributed by atoms with E-state index in [1.807, 2.05) is 6.07 Å². The lowest BCUT2D eigenvalue weighted by atomic mass is 9.87. The minimum Gasteiger partial charge on any atom is -0.497 e. The van der Waals surface area contributed by atoms with E-state index >= 15 is 0 Å². The molecule has 3 rings (SSSR count). The van der Waals surface area contributed by atoms with Crippen LogP contribution in [0.5, 0.6) is 5.75 Å². The van der Waals surface area contributed by atoms with Gasteiger partial charge in [0.2, 0.25) is 0 Å². The van der Waals surface area contributed by atoms with Crippen molar-refractivity contribution in [3.63, 3.8) is 0 Å². The maximum atomic E-state index is 12.1. The summed E-state index contributed by atoms with van der Waals surface area (Å²) in [5.74, 6) is 1.57. The highest BCUT2D eigenvalue weighted by Crippen LogP contribution is 2.30. The molecular formula is C24H35N3O2. The molecule has 2 aromatic carbocycles. The molecule has 1 fully saturated rings. The number of hydrogen-bond donors (Lipinski definition) is 3. The number of benzene rings is 2. The van der Waals surface area contributed by atoms with Crippen LogP contribution in [0, 0.1) is 5.92 Å². The summed E-state index contributed by atoms with van der Waals surface area (Å²) < 4.78 is 5.44. The minimum atomic E-state index is -0.0245. The van der Waals surface area contributed by atoms with Crippen LogP contribution >= 0.6 is 0 Å². The van der Waals surface area contributed by atoms with Crippen molar-refractivity contribution >= 4 is 22.5 Å². The zero-order valence-electron chi connectivity index (χ0n) is 18.0. The number of carbonyl (C=O) groups is 1. The van der Waals surface area contributed by atoms with Crippen molar-refractivity contribution in [3.05, 3.63) is 36.4 Å². The van der Waals surface area contributed by atoms with E-state index in [2.05, 4.69) is 60.1 Å². The second kappa shape index (κ2) is 10.4. The zero-order valence-corrected chi connectivity index (χ0v) is 18.0. The number of hydrogen-bond acceptors (Lipinski definition) is 3. The summed E-state index contributed by atoms with van der Waals surface area (Å²) in [6.45, 7) is 5.14. The van der Waals surface area contributed by atoms with Gasteiger partial charge in [0.25, 0.3) is 0 Å². The molecular weight excluding hydrogens is 362 g/mol. The normalized spacial score (nSPS) is 20.1. The Morgan fingerprint density at radius 1 is 1.24 bits per heavy atom. The van der Waals surface area contributed by atoms with Crippen LogP contribution in [0.15, 0.2) is 36.4 Å². The van der Waals surface area contributed by atoms with Crippen molar-refractivity contribution in [2.24, 2.45) is 5.92 Å². The van der Waals surface area contributed by atoms with Crippen molar-refractivity contribution in [1.82, 2.24) is 10.6 Å². The van der Waals surface area contributed by atoms with Gasteiger partial charge in [-0.1, -0.05) is 44.0 Å². The average molecular weight is 398 g/mol. The molecule has 1 aliphatic rings. The molecule has 0 spiro atoms. The van der Waals surface area contributed by atoms with Gasteiger partial charge in [0.15, 0.2) is 0 Å². The first-order valence-corrected chi connectivity index (χ1v) is 10.9. The van der Waals surface area contributed by atoms with Crippen LogP contribution in [0.25, 0.3) is 10.8 Å². The molecule has 1 saturated carbocycles. The lowest BCUT2D eigenvalue weighted by molar-refractivity contribution is 0.227. The molecule has 5 heteroatoms. The van der Waals surface area contributed by atoms with Crippen molar-refractivity contribution in [2.75, 3.05) is 19.0 Å². The number of ether oxygens (including phenoxy) is 1. The number of urea groups is 1. The molecule has 3 N–H and O–H groups in total. The molecule has 5 nitrogen and oxygen atoms in total. The first-order chi connectivity index (χ1) is 14.0. The quantitative estimate of drug-likeness (QED) is 0.529. The molecule has 0 radical (unpaired) electrons. The molecule has 2 amide bonds. The fraction of sp³-hybridized carbons (Fsp3) is 0.542. The Morgan fingerprint density at radius 2 is 2.07 bits per heavy atom. The fourth-order valence-corrected chi connectivity index (χ4v) is 4.27. The van der Waals surface area contributed by atoms with Crippen LogP contribution in [0.2, 0.25) is 0 Å². The summed E-state index contributed by atoms with van der Waals surface area (Å²) in [5, 5.41) is 12.1. The Bertz CT molecular complexity index is 808. The molecule has 1 aliphatic carbocycles. The van der Waals surface area contributed by atoms with Crippen LogP contribution in [0.1, 0.15) is 52.4 Å². The van der Waals surface area contributed by atoms with Crippen molar-refractivity contribution in [3.8, 4) is 5.75 Å². The van der Waals surface area contributed by atoms with E-state index in [4.69, 9.17) is 4.74 Å². The molecule has 0 aliphatic heterocycles. The highest BCUT2D eigenvalue weighted by atomic mass is 16.5. The molecule has 0 bridgehead atoms. The predicted molar refractivity (Wildman–Crippen MR) is 121 cm³/mol. The Labute approximate surface area is 174 Å². The van der Waals surface area contributed by atoms with E-state index in [9.17, 15) is 4.79 Å². The second-order valence-corrected chi connectivity index (χ2v) is 8.45. The Hall–Kier alpha value is -2.43. The van der Waals surface area contributed by atoms with Gasteiger partial charge in [0.05, 0.1) is 7.11 Å². The van der Waals surface area contributed by atoms with Crippen molar-refractivity contribution in [1.29, 1.82) is 0 Å². The molecule has 29 heavy (non-hydrogen) atoms. The van der Waals surface area contributed by atoms with Gasteiger partial charge in [0, 0.05) is 35.8 Å². The second-order valence-electron chi connectivity index (χ2n) is 8.45. The van der Waals surface area contributed by atoms with Gasteiger partial charge in [-0.25, -0.2) is 4.79 Å². The summed E-state index contributed by atoms with van der Waals surface area (Å²) in [5.41, 5.74) is 1.09. The van der Waals surface area contributed by atoms with Gasteiger partial charge < -0.3 is 20.7 Å². The number of carbonyl (C=O) groups excluding carboxylic acids is 1. The maximum Gasteiger partial charge on any atom is 0.315 e. The van der Waals surface area contributed by atoms with Crippen molar-refractivity contribution in [2.45, 2.75) is 64.5 Å². The molecule has 2 aromatic rings. The number of fused-ring (bicyclic) bond motifs is 1. The summed E-state index contributed by atoms with van der Waals surface area (Å²) in [6, 6.07) is 13.0. The summed E-state index contributed by atoms with van der Waals surface area (Å²) in [7, 11) is 1.70. The standard InChI is InChI=1S/C24H35N3O2/c1-17-8-6-11-20(14-17)27-24(28)25-13-7-9-18(2)26-23-16-21(29-3)15-19-10-4-5-12-22(19)23/h4-5,10,12,15-18,20,26H,6-9,11,13-14H2,1-3H3,(H2,25,27,28). The fourth-order valence-electron chi connectivity index (χ4n) is 4.27. The van der Waals surface area contributed by atoms with Crippen LogP contribution in [0.4, 0.5) is 10.5 Å². The van der Waals surface area contributed by atoms with E-state index in [-0.39, 0.29) is 6.03 Å². The highest BCUT2D eigenvalue weighted by molar-refractivity contribution is 5.95. The van der Waals surface area contributed by atoms with Gasteiger partial charge in [-0.05, 0) is 50.0 Å². The first kappa shape index (κ1) is 21.3. The van der Waals surface area contributed by atoms with Gasteiger partial charge in [-0.15, -0.1) is 0 Å². The number of methoxy groups -OCH3 is 1. The number of nitrogens with one attached hydrogen (secondary N) is 3. The largest absolute Gasteiger partial charge is 0.497 e. The van der Waals surface area contributed by atoms with Gasteiger partial charge in [0.1, 0.15) is 5.75 Å². The van der Waals surface area contributed by atoms with Crippen LogP contribution in [-0.2, 0) is 0 Å². The number of anilines is 1. The third-order valence-electron chi connectivity index (χ3n) is 5.84. The summed E-state index contributed by atoms with van der Waals surface area (Å²) in [4.78, 5) is 12.1. The molecule has 0 saturated heterocycles. The summed E-state index contributed by atoms with van der Waals surface area (Å²) in [6.07, 6.45) is 6.62. The molecule has 3 atom stereocenters. The Morgan fingerprint density at radius 3 is 2.86 bits per heavy atom. The van der Waals surface area contributed by atoms with Gasteiger partial charge in [-0.3, -0.25) is 0 Å². The highest BCUT2D eigenvalue weighted by Gasteiger charge is 2.20. The van der Waals surface area contributed by atoms with Crippen LogP contribution in [-0.4, -0.2) is 31.8 Å². The lowest BCUT2D eigenvalue weighted by Gasteiger charge is -2.27. The molecule has 3 unspecified atom stereocenters. The molecule has 158 valence electrons. The third kappa shape index (κ3) is 6.28. The van der Waals surface area contributed by atoms with E-state index in [0.29, 0.717) is 24.5 Å². The van der Waals surface area contributed by atoms with E-state index < -0.39 is 0 Å². The smallest absolute Gasteiger partial charge is 0.315 e.